The summed E-state index contributed by atoms with van der Waals surface area (Å²) in [5.74, 6) is -0.762. The highest BCUT2D eigenvalue weighted by molar-refractivity contribution is 5.83. The van der Waals surface area contributed by atoms with E-state index in [4.69, 9.17) is 4.74 Å². The summed E-state index contributed by atoms with van der Waals surface area (Å²) in [4.78, 5) is 23.5. The van der Waals surface area contributed by atoms with Crippen LogP contribution in [0.2, 0.25) is 0 Å². The molecule has 0 aliphatic rings. The lowest BCUT2D eigenvalue weighted by Crippen LogP contribution is -2.49. The van der Waals surface area contributed by atoms with E-state index in [1.165, 1.54) is 19.2 Å². The molecule has 1 aromatic carbocycles. The van der Waals surface area contributed by atoms with Crippen molar-refractivity contribution in [2.45, 2.75) is 32.7 Å². The molecule has 2 atom stereocenters. The van der Waals surface area contributed by atoms with Crippen molar-refractivity contribution in [1.82, 2.24) is 10.6 Å². The van der Waals surface area contributed by atoms with E-state index in [2.05, 4.69) is 10.6 Å². The number of esters is 1. The number of halogens is 1. The summed E-state index contributed by atoms with van der Waals surface area (Å²) in [6.07, 6.45) is 1.33. The first-order chi connectivity index (χ1) is 10.5. The lowest BCUT2D eigenvalue weighted by Gasteiger charge is -2.22. The van der Waals surface area contributed by atoms with Gasteiger partial charge in [0.05, 0.1) is 7.11 Å². The average molecular weight is 310 g/mol. The number of hydrogen-bond acceptors (Lipinski definition) is 3. The number of benzene rings is 1. The van der Waals surface area contributed by atoms with Gasteiger partial charge in [-0.1, -0.05) is 32.4 Å². The first-order valence-corrected chi connectivity index (χ1v) is 7.34. The van der Waals surface area contributed by atoms with Crippen LogP contribution >= 0.6 is 0 Å². The molecule has 1 aromatic rings. The summed E-state index contributed by atoms with van der Waals surface area (Å²) in [5, 5.41) is 5.31. The summed E-state index contributed by atoms with van der Waals surface area (Å²) in [6.45, 7) is 4.21. The second-order valence-electron chi connectivity index (χ2n) is 5.16. The first-order valence-electron chi connectivity index (χ1n) is 7.34. The highest BCUT2D eigenvalue weighted by Crippen LogP contribution is 2.09. The van der Waals surface area contributed by atoms with Crippen molar-refractivity contribution in [3.8, 4) is 0 Å². The highest BCUT2D eigenvalue weighted by Gasteiger charge is 2.26. The molecule has 0 aliphatic heterocycles. The molecule has 0 radical (unpaired) electrons. The average Bonchev–Trinajstić information content (AvgIpc) is 2.53. The van der Waals surface area contributed by atoms with E-state index in [0.29, 0.717) is 13.0 Å². The topological polar surface area (TPSA) is 67.4 Å². The van der Waals surface area contributed by atoms with Gasteiger partial charge in [-0.05, 0) is 30.0 Å². The van der Waals surface area contributed by atoms with E-state index < -0.39 is 18.0 Å². The second-order valence-corrected chi connectivity index (χ2v) is 5.16. The van der Waals surface area contributed by atoms with Gasteiger partial charge in [0.15, 0.2) is 0 Å². The molecule has 0 unspecified atom stereocenters. The quantitative estimate of drug-likeness (QED) is 0.759. The first kappa shape index (κ1) is 17.9. The molecule has 5 nitrogen and oxygen atoms in total. The number of urea groups is 1. The molecule has 22 heavy (non-hydrogen) atoms. The molecular weight excluding hydrogens is 287 g/mol. The molecule has 1 rings (SSSR count). The molecular formula is C16H23FN2O3. The molecule has 122 valence electrons. The maximum absolute atomic E-state index is 12.8. The van der Waals surface area contributed by atoms with E-state index in [0.717, 1.165) is 12.0 Å². The van der Waals surface area contributed by atoms with Crippen LogP contribution in [0.15, 0.2) is 24.3 Å². The molecule has 6 heteroatoms. The fourth-order valence-electron chi connectivity index (χ4n) is 1.96. The number of rotatable bonds is 7. The lowest BCUT2D eigenvalue weighted by atomic mass is 9.99. The molecule has 2 N–H and O–H groups in total. The van der Waals surface area contributed by atoms with Gasteiger partial charge in [-0.2, -0.15) is 0 Å². The molecule has 0 fully saturated rings. The van der Waals surface area contributed by atoms with Gasteiger partial charge in [-0.15, -0.1) is 0 Å². The van der Waals surface area contributed by atoms with Crippen molar-refractivity contribution in [2.75, 3.05) is 13.7 Å². The minimum absolute atomic E-state index is 0.0182. The maximum atomic E-state index is 12.8. The van der Waals surface area contributed by atoms with Gasteiger partial charge < -0.3 is 15.4 Å². The van der Waals surface area contributed by atoms with Crippen LogP contribution in [0.3, 0.4) is 0 Å². The van der Waals surface area contributed by atoms with Gasteiger partial charge in [0.1, 0.15) is 11.9 Å². The Bertz CT molecular complexity index is 491. The second kappa shape index (κ2) is 9.02. The number of hydrogen-bond donors (Lipinski definition) is 2. The van der Waals surface area contributed by atoms with E-state index in [-0.39, 0.29) is 11.7 Å². The Labute approximate surface area is 130 Å². The van der Waals surface area contributed by atoms with Gasteiger partial charge in [-0.25, -0.2) is 14.0 Å². The van der Waals surface area contributed by atoms with Crippen molar-refractivity contribution in [3.63, 3.8) is 0 Å². The largest absolute Gasteiger partial charge is 0.467 e. The van der Waals surface area contributed by atoms with Gasteiger partial charge in [-0.3, -0.25) is 0 Å². The summed E-state index contributed by atoms with van der Waals surface area (Å²) >= 11 is 0. The normalized spacial score (nSPS) is 13.1. The summed E-state index contributed by atoms with van der Waals surface area (Å²) in [7, 11) is 1.30. The molecule has 0 aliphatic carbocycles. The van der Waals surface area contributed by atoms with Gasteiger partial charge in [0.25, 0.3) is 0 Å². The lowest BCUT2D eigenvalue weighted by molar-refractivity contribution is -0.144. The molecule has 0 saturated carbocycles. The number of nitrogens with one attached hydrogen (secondary N) is 2. The monoisotopic (exact) mass is 310 g/mol. The van der Waals surface area contributed by atoms with E-state index in [9.17, 15) is 14.0 Å². The smallest absolute Gasteiger partial charge is 0.328 e. The molecule has 0 aromatic heterocycles. The predicted molar refractivity (Wildman–Crippen MR) is 81.9 cm³/mol. The number of ether oxygens (including phenoxy) is 1. The Kier molecular flexibility index (Phi) is 7.36. The Morgan fingerprint density at radius 2 is 1.91 bits per heavy atom. The Hall–Kier alpha value is -2.11. The third-order valence-corrected chi connectivity index (χ3v) is 3.57. The van der Waals surface area contributed by atoms with Crippen molar-refractivity contribution in [2.24, 2.45) is 5.92 Å². The minimum Gasteiger partial charge on any atom is -0.467 e. The van der Waals surface area contributed by atoms with Gasteiger partial charge in [0, 0.05) is 6.54 Å². The summed E-state index contributed by atoms with van der Waals surface area (Å²) < 4.78 is 17.5. The molecule has 0 bridgehead atoms. The zero-order valence-electron chi connectivity index (χ0n) is 13.2. The zero-order valence-corrected chi connectivity index (χ0v) is 13.2. The Morgan fingerprint density at radius 1 is 1.27 bits per heavy atom. The van der Waals surface area contributed by atoms with Crippen LogP contribution in [0.25, 0.3) is 0 Å². The number of carbonyl (C=O) groups excluding carboxylic acids is 2. The van der Waals surface area contributed by atoms with Crippen molar-refractivity contribution in [1.29, 1.82) is 0 Å². The number of methoxy groups -OCH3 is 1. The van der Waals surface area contributed by atoms with Crippen molar-refractivity contribution >= 4 is 12.0 Å². The van der Waals surface area contributed by atoms with Gasteiger partial charge in [0.2, 0.25) is 0 Å². The third kappa shape index (κ3) is 5.71. The van der Waals surface area contributed by atoms with E-state index >= 15 is 0 Å². The van der Waals surface area contributed by atoms with E-state index in [1.54, 1.807) is 12.1 Å². The van der Waals surface area contributed by atoms with E-state index in [1.807, 2.05) is 13.8 Å². The van der Waals surface area contributed by atoms with Crippen molar-refractivity contribution in [3.05, 3.63) is 35.6 Å². The standard InChI is InChI=1S/C16H23FN2O3/c1-4-11(2)14(15(20)22-3)19-16(21)18-10-9-12-5-7-13(17)8-6-12/h5-8,11,14H,4,9-10H2,1-3H3,(H2,18,19,21)/t11-,14-/m0/s1. The fraction of sp³-hybridized carbons (Fsp3) is 0.500. The van der Waals surface area contributed by atoms with Crippen LogP contribution < -0.4 is 10.6 Å². The van der Waals surface area contributed by atoms with Crippen molar-refractivity contribution < 1.29 is 18.7 Å². The summed E-state index contributed by atoms with van der Waals surface area (Å²) in [5.41, 5.74) is 0.924. The molecule has 0 saturated heterocycles. The maximum Gasteiger partial charge on any atom is 0.328 e. The fourth-order valence-corrected chi connectivity index (χ4v) is 1.96. The third-order valence-electron chi connectivity index (χ3n) is 3.57. The Balaban J connectivity index is 2.43. The molecule has 0 spiro atoms. The van der Waals surface area contributed by atoms with Crippen LogP contribution in [-0.4, -0.2) is 31.7 Å². The SMILES string of the molecule is CC[C@H](C)[C@H](NC(=O)NCCc1ccc(F)cc1)C(=O)OC. The van der Waals surface area contributed by atoms with Crippen LogP contribution in [0.5, 0.6) is 0 Å². The van der Waals surface area contributed by atoms with Crippen LogP contribution in [-0.2, 0) is 16.0 Å². The van der Waals surface area contributed by atoms with Gasteiger partial charge >= 0.3 is 12.0 Å². The highest BCUT2D eigenvalue weighted by atomic mass is 19.1. The summed E-state index contributed by atoms with van der Waals surface area (Å²) in [6, 6.07) is 5.02. The zero-order chi connectivity index (χ0) is 16.5. The predicted octanol–water partition coefficient (Wildman–Crippen LogP) is 2.26. The van der Waals surface area contributed by atoms with Crippen LogP contribution in [0.4, 0.5) is 9.18 Å². The minimum atomic E-state index is -0.666. The molecule has 2 amide bonds. The number of carbonyl (C=O) groups is 2. The van der Waals surface area contributed by atoms with Crippen LogP contribution in [0.1, 0.15) is 25.8 Å². The molecule has 0 heterocycles. The van der Waals surface area contributed by atoms with Crippen LogP contribution in [0, 0.1) is 11.7 Å². The Morgan fingerprint density at radius 3 is 2.45 bits per heavy atom. The number of amides is 2.